The summed E-state index contributed by atoms with van der Waals surface area (Å²) >= 11 is 0. The number of benzene rings is 1. The van der Waals surface area contributed by atoms with Crippen LogP contribution in [0.1, 0.15) is 56.9 Å². The Morgan fingerprint density at radius 2 is 1.71 bits per heavy atom. The quantitative estimate of drug-likeness (QED) is 0.874. The first kappa shape index (κ1) is 16.0. The van der Waals surface area contributed by atoms with Crippen molar-refractivity contribution in [3.05, 3.63) is 35.9 Å². The molecule has 3 nitrogen and oxygen atoms in total. The van der Waals surface area contributed by atoms with Crippen molar-refractivity contribution in [2.45, 2.75) is 69.9 Å². The second-order valence-electron chi connectivity index (χ2n) is 6.18. The van der Waals surface area contributed by atoms with Crippen LogP contribution in [0.15, 0.2) is 30.3 Å². The topological polar surface area (TPSA) is 55.1 Å². The molecule has 21 heavy (non-hydrogen) atoms. The minimum atomic E-state index is -0.393. The van der Waals surface area contributed by atoms with E-state index in [0.29, 0.717) is 12.5 Å². The molecule has 1 fully saturated rings. The SMILES string of the molecule is NC(CCc1ccccc1)C(=O)NC1CCCCCCC1. The molecule has 0 saturated heterocycles. The van der Waals surface area contributed by atoms with Crippen molar-refractivity contribution < 1.29 is 4.79 Å². The maximum absolute atomic E-state index is 12.2. The van der Waals surface area contributed by atoms with Gasteiger partial charge in [-0.3, -0.25) is 4.79 Å². The summed E-state index contributed by atoms with van der Waals surface area (Å²) in [5.74, 6) is 0.0245. The number of hydrogen-bond acceptors (Lipinski definition) is 2. The lowest BCUT2D eigenvalue weighted by atomic mass is 9.96. The second kappa shape index (κ2) is 8.83. The van der Waals surface area contributed by atoms with Gasteiger partial charge in [0.1, 0.15) is 0 Å². The van der Waals surface area contributed by atoms with E-state index in [2.05, 4.69) is 17.4 Å². The third-order valence-corrected chi connectivity index (χ3v) is 4.38. The first-order chi connectivity index (χ1) is 10.3. The summed E-state index contributed by atoms with van der Waals surface area (Å²) < 4.78 is 0. The molecule has 0 bridgehead atoms. The second-order valence-corrected chi connectivity index (χ2v) is 6.18. The molecule has 0 aromatic heterocycles. The third-order valence-electron chi connectivity index (χ3n) is 4.38. The highest BCUT2D eigenvalue weighted by atomic mass is 16.2. The van der Waals surface area contributed by atoms with Crippen molar-refractivity contribution in [2.75, 3.05) is 0 Å². The molecular weight excluding hydrogens is 260 g/mol. The van der Waals surface area contributed by atoms with Crippen LogP contribution in [-0.4, -0.2) is 18.0 Å². The predicted molar refractivity (Wildman–Crippen MR) is 87.0 cm³/mol. The van der Waals surface area contributed by atoms with Gasteiger partial charge < -0.3 is 11.1 Å². The molecule has 1 atom stereocenters. The average Bonchev–Trinajstić information content (AvgIpc) is 2.48. The van der Waals surface area contributed by atoms with E-state index in [1.54, 1.807) is 0 Å². The molecule has 1 aromatic carbocycles. The Hall–Kier alpha value is -1.35. The van der Waals surface area contributed by atoms with Gasteiger partial charge in [-0.15, -0.1) is 0 Å². The highest BCUT2D eigenvalue weighted by Gasteiger charge is 2.18. The van der Waals surface area contributed by atoms with Crippen LogP contribution in [0.25, 0.3) is 0 Å². The molecule has 2 rings (SSSR count). The molecule has 1 saturated carbocycles. The maximum Gasteiger partial charge on any atom is 0.237 e. The molecule has 0 aliphatic heterocycles. The lowest BCUT2D eigenvalue weighted by Crippen LogP contribution is -2.45. The van der Waals surface area contributed by atoms with Crippen molar-refractivity contribution in [2.24, 2.45) is 5.73 Å². The van der Waals surface area contributed by atoms with Crippen LogP contribution in [0, 0.1) is 0 Å². The fraction of sp³-hybridized carbons (Fsp3) is 0.611. The molecule has 1 unspecified atom stereocenters. The van der Waals surface area contributed by atoms with Gasteiger partial charge in [-0.1, -0.05) is 62.4 Å². The molecule has 3 heteroatoms. The Labute approximate surface area is 128 Å². The van der Waals surface area contributed by atoms with E-state index in [4.69, 9.17) is 5.73 Å². The standard InChI is InChI=1S/C18H28N2O/c19-17(14-13-15-9-5-4-6-10-15)18(21)20-16-11-7-2-1-3-8-12-16/h4-6,9-10,16-17H,1-3,7-8,11-14,19H2,(H,20,21). The summed E-state index contributed by atoms with van der Waals surface area (Å²) in [5.41, 5.74) is 7.28. The highest BCUT2D eigenvalue weighted by molar-refractivity contribution is 5.81. The Bertz CT molecular complexity index is 410. The molecule has 1 aliphatic rings. The highest BCUT2D eigenvalue weighted by Crippen LogP contribution is 2.17. The van der Waals surface area contributed by atoms with Crippen molar-refractivity contribution in [3.8, 4) is 0 Å². The molecule has 3 N–H and O–H groups in total. The summed E-state index contributed by atoms with van der Waals surface area (Å²) in [6.07, 6.45) is 10.2. The first-order valence-electron chi connectivity index (χ1n) is 8.35. The van der Waals surface area contributed by atoms with Crippen LogP contribution >= 0.6 is 0 Å². The molecule has 1 aromatic rings. The van der Waals surface area contributed by atoms with E-state index in [9.17, 15) is 4.79 Å². The van der Waals surface area contributed by atoms with Crippen molar-refractivity contribution in [3.63, 3.8) is 0 Å². The maximum atomic E-state index is 12.2. The van der Waals surface area contributed by atoms with Crippen molar-refractivity contribution in [1.82, 2.24) is 5.32 Å². The van der Waals surface area contributed by atoms with Crippen LogP contribution in [0.3, 0.4) is 0 Å². The van der Waals surface area contributed by atoms with Gasteiger partial charge in [0.15, 0.2) is 0 Å². The van der Waals surface area contributed by atoms with Gasteiger partial charge in [-0.2, -0.15) is 0 Å². The normalized spacial score (nSPS) is 18.5. The largest absolute Gasteiger partial charge is 0.352 e. The van der Waals surface area contributed by atoms with E-state index in [-0.39, 0.29) is 5.91 Å². The molecular formula is C18H28N2O. The number of carbonyl (C=O) groups excluding carboxylic acids is 1. The minimum absolute atomic E-state index is 0.0245. The van der Waals surface area contributed by atoms with Crippen LogP contribution in [0.2, 0.25) is 0 Å². The molecule has 1 amide bonds. The summed E-state index contributed by atoms with van der Waals surface area (Å²) in [7, 11) is 0. The van der Waals surface area contributed by atoms with E-state index >= 15 is 0 Å². The number of rotatable bonds is 5. The van der Waals surface area contributed by atoms with E-state index in [0.717, 1.165) is 19.3 Å². The number of nitrogens with one attached hydrogen (secondary N) is 1. The zero-order chi connectivity index (χ0) is 14.9. The zero-order valence-electron chi connectivity index (χ0n) is 12.9. The van der Waals surface area contributed by atoms with Gasteiger partial charge in [-0.25, -0.2) is 0 Å². The van der Waals surface area contributed by atoms with E-state index < -0.39 is 6.04 Å². The molecule has 116 valence electrons. The fourth-order valence-electron chi connectivity index (χ4n) is 3.01. The zero-order valence-corrected chi connectivity index (χ0v) is 12.9. The molecule has 0 heterocycles. The molecule has 0 radical (unpaired) electrons. The van der Waals surface area contributed by atoms with Crippen LogP contribution in [0.5, 0.6) is 0 Å². The smallest absolute Gasteiger partial charge is 0.237 e. The van der Waals surface area contributed by atoms with Gasteiger partial charge in [-0.05, 0) is 31.2 Å². The number of carbonyl (C=O) groups is 1. The van der Waals surface area contributed by atoms with Gasteiger partial charge in [0.25, 0.3) is 0 Å². The van der Waals surface area contributed by atoms with Crippen LogP contribution in [0.4, 0.5) is 0 Å². The fourth-order valence-corrected chi connectivity index (χ4v) is 3.01. The third kappa shape index (κ3) is 5.88. The number of aryl methyl sites for hydroxylation is 1. The van der Waals surface area contributed by atoms with Crippen LogP contribution in [-0.2, 0) is 11.2 Å². The number of nitrogens with two attached hydrogens (primary N) is 1. The summed E-state index contributed by atoms with van der Waals surface area (Å²) in [6, 6.07) is 10.2. The minimum Gasteiger partial charge on any atom is -0.352 e. The number of amides is 1. The molecule has 1 aliphatic carbocycles. The summed E-state index contributed by atoms with van der Waals surface area (Å²) in [5, 5.41) is 3.16. The molecule has 0 spiro atoms. The van der Waals surface area contributed by atoms with Gasteiger partial charge >= 0.3 is 0 Å². The lowest BCUT2D eigenvalue weighted by molar-refractivity contribution is -0.123. The van der Waals surface area contributed by atoms with E-state index in [1.807, 2.05) is 18.2 Å². The first-order valence-corrected chi connectivity index (χ1v) is 8.35. The summed E-state index contributed by atoms with van der Waals surface area (Å²) in [6.45, 7) is 0. The average molecular weight is 288 g/mol. The summed E-state index contributed by atoms with van der Waals surface area (Å²) in [4.78, 5) is 12.2. The predicted octanol–water partition coefficient (Wildman–Crippen LogP) is 3.18. The number of hydrogen-bond donors (Lipinski definition) is 2. The van der Waals surface area contributed by atoms with Gasteiger partial charge in [0, 0.05) is 6.04 Å². The Morgan fingerprint density at radius 1 is 1.10 bits per heavy atom. The Morgan fingerprint density at radius 3 is 2.38 bits per heavy atom. The van der Waals surface area contributed by atoms with Gasteiger partial charge in [0.2, 0.25) is 5.91 Å². The van der Waals surface area contributed by atoms with Crippen molar-refractivity contribution >= 4 is 5.91 Å². The monoisotopic (exact) mass is 288 g/mol. The van der Waals surface area contributed by atoms with Gasteiger partial charge in [0.05, 0.1) is 6.04 Å². The Kier molecular flexibility index (Phi) is 6.74. The van der Waals surface area contributed by atoms with E-state index in [1.165, 1.54) is 37.7 Å². The lowest BCUT2D eigenvalue weighted by Gasteiger charge is -2.23. The van der Waals surface area contributed by atoms with Crippen LogP contribution < -0.4 is 11.1 Å². The van der Waals surface area contributed by atoms with Crippen molar-refractivity contribution in [1.29, 1.82) is 0 Å². The Balaban J connectivity index is 1.73.